The standard InChI is InChI=1S/C26H27ClN4O5S/c27-21-10-4-3-8-19(21)16-28-23(32)11-2-1-5-13-29-25(33)24-22(12-14-37-24)30(26(29)34)17-18-7-6-9-20(15-18)31(35)36/h3-4,6-10,12,14-15,22,24H,1-2,5,11,13,16-17H2,(H,28,32). The first-order chi connectivity index (χ1) is 17.8. The summed E-state index contributed by atoms with van der Waals surface area (Å²) in [6, 6.07) is 12.7. The number of nitro benzene ring substituents is 1. The van der Waals surface area contributed by atoms with E-state index in [0.717, 1.165) is 5.56 Å². The molecule has 1 fully saturated rings. The zero-order chi connectivity index (χ0) is 26.4. The molecule has 0 radical (unpaired) electrons. The van der Waals surface area contributed by atoms with Crippen molar-refractivity contribution in [2.24, 2.45) is 0 Å². The lowest BCUT2D eigenvalue weighted by Gasteiger charge is -2.41. The van der Waals surface area contributed by atoms with E-state index in [1.807, 2.05) is 29.7 Å². The van der Waals surface area contributed by atoms with Crippen LogP contribution in [0.2, 0.25) is 5.02 Å². The van der Waals surface area contributed by atoms with Gasteiger partial charge in [0.15, 0.2) is 0 Å². The van der Waals surface area contributed by atoms with Gasteiger partial charge in [-0.3, -0.25) is 24.6 Å². The van der Waals surface area contributed by atoms with E-state index in [0.29, 0.717) is 42.8 Å². The number of non-ortho nitro benzene ring substituents is 1. The maximum Gasteiger partial charge on any atom is 0.327 e. The summed E-state index contributed by atoms with van der Waals surface area (Å²) in [6.45, 7) is 0.792. The van der Waals surface area contributed by atoms with Crippen LogP contribution in [0, 0.1) is 10.1 Å². The monoisotopic (exact) mass is 542 g/mol. The molecule has 2 aliphatic heterocycles. The highest BCUT2D eigenvalue weighted by Crippen LogP contribution is 2.35. The van der Waals surface area contributed by atoms with E-state index < -0.39 is 16.2 Å². The van der Waals surface area contributed by atoms with Gasteiger partial charge < -0.3 is 10.2 Å². The van der Waals surface area contributed by atoms with Gasteiger partial charge in [-0.15, -0.1) is 11.8 Å². The number of thioether (sulfide) groups is 1. The highest BCUT2D eigenvalue weighted by molar-refractivity contribution is 8.03. The third-order valence-electron chi connectivity index (χ3n) is 6.35. The van der Waals surface area contributed by atoms with E-state index in [9.17, 15) is 24.5 Å². The van der Waals surface area contributed by atoms with Gasteiger partial charge in [-0.1, -0.05) is 54.4 Å². The lowest BCUT2D eigenvalue weighted by Crippen LogP contribution is -2.61. The van der Waals surface area contributed by atoms with Crippen LogP contribution in [0.5, 0.6) is 0 Å². The van der Waals surface area contributed by atoms with Crippen molar-refractivity contribution in [3.8, 4) is 0 Å². The molecule has 0 spiro atoms. The number of carbonyl (C=O) groups excluding carboxylic acids is 3. The second kappa shape index (κ2) is 12.2. The summed E-state index contributed by atoms with van der Waals surface area (Å²) >= 11 is 7.49. The molecule has 1 N–H and O–H groups in total. The molecule has 0 bridgehead atoms. The number of hydrogen-bond donors (Lipinski definition) is 1. The summed E-state index contributed by atoms with van der Waals surface area (Å²) < 4.78 is 0. The lowest BCUT2D eigenvalue weighted by atomic mass is 10.1. The second-order valence-electron chi connectivity index (χ2n) is 8.88. The van der Waals surface area contributed by atoms with Crippen molar-refractivity contribution in [3.05, 3.63) is 86.3 Å². The fourth-order valence-electron chi connectivity index (χ4n) is 4.39. The molecule has 1 saturated heterocycles. The van der Waals surface area contributed by atoms with Crippen LogP contribution >= 0.6 is 23.4 Å². The van der Waals surface area contributed by atoms with Crippen molar-refractivity contribution in [1.29, 1.82) is 0 Å². The molecule has 11 heteroatoms. The lowest BCUT2D eigenvalue weighted by molar-refractivity contribution is -0.384. The molecule has 2 aromatic carbocycles. The molecular formula is C26H27ClN4O5S. The molecule has 2 heterocycles. The average Bonchev–Trinajstić information content (AvgIpc) is 3.38. The predicted octanol–water partition coefficient (Wildman–Crippen LogP) is 4.89. The quantitative estimate of drug-likeness (QED) is 0.246. The Labute approximate surface area is 224 Å². The van der Waals surface area contributed by atoms with Crippen LogP contribution in [0.25, 0.3) is 0 Å². The molecular weight excluding hydrogens is 516 g/mol. The SMILES string of the molecule is O=C(CCCCCN1C(=O)C2SC=CC2N(Cc2cccc([N+](=O)[O-])c2)C1=O)NCc1ccccc1Cl. The van der Waals surface area contributed by atoms with E-state index in [1.165, 1.54) is 28.8 Å². The molecule has 2 unspecified atom stereocenters. The van der Waals surface area contributed by atoms with Crippen molar-refractivity contribution in [2.45, 2.75) is 50.1 Å². The number of imide groups is 1. The van der Waals surface area contributed by atoms with Crippen LogP contribution in [0.15, 0.2) is 60.0 Å². The van der Waals surface area contributed by atoms with Gasteiger partial charge in [0.1, 0.15) is 5.25 Å². The number of benzene rings is 2. The predicted molar refractivity (Wildman–Crippen MR) is 142 cm³/mol. The van der Waals surface area contributed by atoms with Gasteiger partial charge in [0.05, 0.1) is 11.0 Å². The van der Waals surface area contributed by atoms with Crippen LogP contribution in [0.1, 0.15) is 36.8 Å². The number of hydrogen-bond acceptors (Lipinski definition) is 6. The minimum absolute atomic E-state index is 0.0429. The number of amides is 4. The number of rotatable bonds is 11. The Balaban J connectivity index is 1.28. The number of nitrogens with one attached hydrogen (secondary N) is 1. The van der Waals surface area contributed by atoms with Gasteiger partial charge in [0.2, 0.25) is 11.8 Å². The maximum atomic E-state index is 13.3. The minimum Gasteiger partial charge on any atom is -0.352 e. The fourth-order valence-corrected chi connectivity index (χ4v) is 5.66. The van der Waals surface area contributed by atoms with Gasteiger partial charge in [-0.2, -0.15) is 0 Å². The van der Waals surface area contributed by atoms with E-state index in [2.05, 4.69) is 5.32 Å². The number of carbonyl (C=O) groups is 3. The van der Waals surface area contributed by atoms with Gasteiger partial charge in [0.25, 0.3) is 5.69 Å². The van der Waals surface area contributed by atoms with Crippen molar-refractivity contribution in [2.75, 3.05) is 6.54 Å². The summed E-state index contributed by atoms with van der Waals surface area (Å²) in [7, 11) is 0. The molecule has 2 atom stereocenters. The van der Waals surface area contributed by atoms with E-state index in [-0.39, 0.29) is 36.6 Å². The maximum absolute atomic E-state index is 13.3. The van der Waals surface area contributed by atoms with E-state index in [1.54, 1.807) is 23.1 Å². The van der Waals surface area contributed by atoms with Gasteiger partial charge in [-0.05, 0) is 35.4 Å². The molecule has 194 valence electrons. The van der Waals surface area contributed by atoms with E-state index >= 15 is 0 Å². The highest BCUT2D eigenvalue weighted by atomic mass is 35.5. The summed E-state index contributed by atoms with van der Waals surface area (Å²) in [5.74, 6) is -0.303. The fraction of sp³-hybridized carbons (Fsp3) is 0.346. The summed E-state index contributed by atoms with van der Waals surface area (Å²) in [6.07, 6.45) is 4.07. The van der Waals surface area contributed by atoms with Crippen LogP contribution < -0.4 is 5.32 Å². The largest absolute Gasteiger partial charge is 0.352 e. The number of fused-ring (bicyclic) bond motifs is 1. The summed E-state index contributed by atoms with van der Waals surface area (Å²) in [5, 5.41) is 16.0. The van der Waals surface area contributed by atoms with E-state index in [4.69, 9.17) is 11.6 Å². The normalized spacial score (nSPS) is 18.7. The first-order valence-corrected chi connectivity index (χ1v) is 13.3. The summed E-state index contributed by atoms with van der Waals surface area (Å²) in [5.41, 5.74) is 1.44. The molecule has 0 aromatic heterocycles. The van der Waals surface area contributed by atoms with Crippen molar-refractivity contribution in [3.63, 3.8) is 0 Å². The first kappa shape index (κ1) is 26.7. The first-order valence-electron chi connectivity index (χ1n) is 12.0. The number of nitrogens with zero attached hydrogens (tertiary/aromatic N) is 3. The van der Waals surface area contributed by atoms with Crippen LogP contribution in [0.3, 0.4) is 0 Å². The van der Waals surface area contributed by atoms with Crippen LogP contribution in [-0.4, -0.2) is 50.4 Å². The Bertz CT molecular complexity index is 1220. The molecule has 0 saturated carbocycles. The van der Waals surface area contributed by atoms with Gasteiger partial charge in [-0.25, -0.2) is 4.79 Å². The molecule has 4 amide bonds. The number of halogens is 1. The third-order valence-corrected chi connectivity index (χ3v) is 7.81. The zero-order valence-corrected chi connectivity index (χ0v) is 21.6. The number of unbranched alkanes of at least 4 members (excludes halogenated alkanes) is 2. The van der Waals surface area contributed by atoms with Crippen LogP contribution in [0.4, 0.5) is 10.5 Å². The Morgan fingerprint density at radius 1 is 1.11 bits per heavy atom. The Morgan fingerprint density at radius 3 is 2.70 bits per heavy atom. The van der Waals surface area contributed by atoms with Gasteiger partial charge in [0, 0.05) is 43.2 Å². The third kappa shape index (κ3) is 6.50. The summed E-state index contributed by atoms with van der Waals surface area (Å²) in [4.78, 5) is 52.1. The van der Waals surface area contributed by atoms with Crippen molar-refractivity contribution >= 4 is 46.9 Å². The Hall–Kier alpha value is -3.37. The topological polar surface area (TPSA) is 113 Å². The number of urea groups is 1. The minimum atomic E-state index is -0.470. The zero-order valence-electron chi connectivity index (χ0n) is 20.0. The molecule has 0 aliphatic carbocycles. The molecule has 2 aliphatic rings. The van der Waals surface area contributed by atoms with Crippen molar-refractivity contribution < 1.29 is 19.3 Å². The smallest absolute Gasteiger partial charge is 0.327 e. The average molecular weight is 543 g/mol. The molecule has 37 heavy (non-hydrogen) atoms. The highest BCUT2D eigenvalue weighted by Gasteiger charge is 2.46. The number of nitro groups is 1. The second-order valence-corrected chi connectivity index (χ2v) is 10.3. The van der Waals surface area contributed by atoms with Gasteiger partial charge >= 0.3 is 6.03 Å². The Morgan fingerprint density at radius 2 is 1.92 bits per heavy atom. The van der Waals surface area contributed by atoms with Crippen molar-refractivity contribution in [1.82, 2.24) is 15.1 Å². The molecule has 4 rings (SSSR count). The molecule has 9 nitrogen and oxygen atoms in total. The Kier molecular flexibility index (Phi) is 8.83. The molecule has 2 aromatic rings. The van der Waals surface area contributed by atoms with Crippen LogP contribution in [-0.2, 0) is 22.7 Å².